The second-order valence-electron chi connectivity index (χ2n) is 3.34. The number of furan rings is 1. The first-order valence-electron chi connectivity index (χ1n) is 4.54. The van der Waals surface area contributed by atoms with Gasteiger partial charge in [-0.25, -0.2) is 4.79 Å². The number of methoxy groups -OCH3 is 1. The van der Waals surface area contributed by atoms with Crippen molar-refractivity contribution in [3.05, 3.63) is 27.0 Å². The van der Waals surface area contributed by atoms with E-state index in [0.29, 0.717) is 16.9 Å². The molecule has 0 amide bonds. The molecule has 0 radical (unpaired) electrons. The number of benzene rings is 1. The molecule has 5 heteroatoms. The van der Waals surface area contributed by atoms with Gasteiger partial charge in [0, 0.05) is 17.0 Å². The molecule has 1 aromatic heterocycles. The summed E-state index contributed by atoms with van der Waals surface area (Å²) in [5, 5.41) is 9.74. The Kier molecular flexibility index (Phi) is 2.79. The minimum absolute atomic E-state index is 0.0148. The first-order chi connectivity index (χ1) is 7.54. The predicted octanol–water partition coefficient (Wildman–Crippen LogP) is 3.05. The summed E-state index contributed by atoms with van der Waals surface area (Å²) >= 11 is 2.14. The number of carboxylic acid groups (broad SMARTS) is 1. The van der Waals surface area contributed by atoms with Crippen molar-refractivity contribution >= 4 is 39.5 Å². The molecule has 4 nitrogen and oxygen atoms in total. The first-order valence-corrected chi connectivity index (χ1v) is 5.62. The van der Waals surface area contributed by atoms with Crippen molar-refractivity contribution in [2.75, 3.05) is 7.11 Å². The molecule has 0 spiro atoms. The van der Waals surface area contributed by atoms with Crippen LogP contribution in [0.15, 0.2) is 16.5 Å². The third kappa shape index (κ3) is 1.64. The van der Waals surface area contributed by atoms with Gasteiger partial charge in [0.15, 0.2) is 0 Å². The fraction of sp³-hybridized carbons (Fsp3) is 0.182. The molecule has 2 rings (SSSR count). The van der Waals surface area contributed by atoms with Gasteiger partial charge >= 0.3 is 5.97 Å². The molecule has 2 aromatic rings. The van der Waals surface area contributed by atoms with Gasteiger partial charge in [-0.05, 0) is 35.6 Å². The number of halogens is 1. The molecule has 16 heavy (non-hydrogen) atoms. The van der Waals surface area contributed by atoms with Crippen LogP contribution in [0.4, 0.5) is 0 Å². The minimum atomic E-state index is -1.05. The molecule has 0 aliphatic carbocycles. The summed E-state index contributed by atoms with van der Waals surface area (Å²) in [4.78, 5) is 10.9. The van der Waals surface area contributed by atoms with Gasteiger partial charge in [0.1, 0.15) is 11.3 Å². The molecule has 1 aromatic carbocycles. The van der Waals surface area contributed by atoms with Gasteiger partial charge in [0.2, 0.25) is 5.76 Å². The van der Waals surface area contributed by atoms with Crippen LogP contribution in [-0.4, -0.2) is 18.2 Å². The lowest BCUT2D eigenvalue weighted by Gasteiger charge is -2.01. The number of hydrogen-bond donors (Lipinski definition) is 1. The molecule has 0 aliphatic heterocycles. The van der Waals surface area contributed by atoms with E-state index in [9.17, 15) is 4.79 Å². The zero-order chi connectivity index (χ0) is 11.9. The van der Waals surface area contributed by atoms with Crippen molar-refractivity contribution in [1.29, 1.82) is 0 Å². The number of aryl methyl sites for hydroxylation is 1. The summed E-state index contributed by atoms with van der Waals surface area (Å²) in [6.45, 7) is 1.73. The number of hydrogen-bond acceptors (Lipinski definition) is 3. The topological polar surface area (TPSA) is 59.7 Å². The van der Waals surface area contributed by atoms with E-state index in [2.05, 4.69) is 22.6 Å². The number of rotatable bonds is 2. The highest BCUT2D eigenvalue weighted by molar-refractivity contribution is 14.1. The van der Waals surface area contributed by atoms with Crippen LogP contribution in [0.3, 0.4) is 0 Å². The van der Waals surface area contributed by atoms with Crippen molar-refractivity contribution in [2.45, 2.75) is 6.92 Å². The van der Waals surface area contributed by atoms with E-state index in [-0.39, 0.29) is 5.76 Å². The summed E-state index contributed by atoms with van der Waals surface area (Å²) in [5.74, 6) is -0.388. The maximum Gasteiger partial charge on any atom is 0.372 e. The molecule has 0 atom stereocenters. The molecule has 0 saturated carbocycles. The van der Waals surface area contributed by atoms with Crippen LogP contribution in [0.1, 0.15) is 16.1 Å². The van der Waals surface area contributed by atoms with Gasteiger partial charge in [-0.2, -0.15) is 0 Å². The Bertz CT molecular complexity index is 571. The van der Waals surface area contributed by atoms with Gasteiger partial charge in [-0.1, -0.05) is 0 Å². The zero-order valence-electron chi connectivity index (χ0n) is 8.70. The van der Waals surface area contributed by atoms with Crippen LogP contribution in [-0.2, 0) is 0 Å². The molecular formula is C11H9IO4. The van der Waals surface area contributed by atoms with E-state index < -0.39 is 5.97 Å². The molecule has 84 valence electrons. The lowest BCUT2D eigenvalue weighted by atomic mass is 10.1. The summed E-state index contributed by atoms with van der Waals surface area (Å²) in [7, 11) is 1.57. The van der Waals surface area contributed by atoms with E-state index in [0.717, 1.165) is 8.96 Å². The number of ether oxygens (including phenoxy) is 1. The minimum Gasteiger partial charge on any atom is -0.496 e. The number of carbonyl (C=O) groups is 1. The maximum atomic E-state index is 10.9. The fourth-order valence-electron chi connectivity index (χ4n) is 1.58. The average molecular weight is 332 g/mol. The highest BCUT2D eigenvalue weighted by Crippen LogP contribution is 2.32. The molecule has 0 saturated heterocycles. The van der Waals surface area contributed by atoms with E-state index in [1.807, 2.05) is 6.07 Å². The summed E-state index contributed by atoms with van der Waals surface area (Å²) < 4.78 is 11.3. The highest BCUT2D eigenvalue weighted by atomic mass is 127. The Balaban J connectivity index is 2.77. The molecule has 0 bridgehead atoms. The van der Waals surface area contributed by atoms with Crippen molar-refractivity contribution < 1.29 is 19.1 Å². The number of aromatic carboxylic acids is 1. The molecule has 1 N–H and O–H groups in total. The Hall–Kier alpha value is -1.24. The standard InChI is InChI=1S/C11H9IO4/c1-5-6-3-7(12)9(15-2)4-8(6)16-10(5)11(13)14/h3-4H,1-2H3,(H,13,14). The second kappa shape index (κ2) is 3.97. The van der Waals surface area contributed by atoms with Crippen LogP contribution >= 0.6 is 22.6 Å². The lowest BCUT2D eigenvalue weighted by molar-refractivity contribution is 0.0664. The van der Waals surface area contributed by atoms with Crippen molar-refractivity contribution in [2.24, 2.45) is 0 Å². The normalized spacial score (nSPS) is 10.7. The SMILES string of the molecule is COc1cc2oc(C(=O)O)c(C)c2cc1I. The van der Waals surface area contributed by atoms with E-state index in [4.69, 9.17) is 14.3 Å². The van der Waals surface area contributed by atoms with Crippen molar-refractivity contribution in [1.82, 2.24) is 0 Å². The van der Waals surface area contributed by atoms with Crippen molar-refractivity contribution in [3.63, 3.8) is 0 Å². The Morgan fingerprint density at radius 2 is 2.19 bits per heavy atom. The van der Waals surface area contributed by atoms with Crippen molar-refractivity contribution in [3.8, 4) is 5.75 Å². The molecule has 0 aliphatic rings. The van der Waals surface area contributed by atoms with E-state index in [1.165, 1.54) is 0 Å². The van der Waals surface area contributed by atoms with E-state index >= 15 is 0 Å². The van der Waals surface area contributed by atoms with Gasteiger partial charge < -0.3 is 14.3 Å². The van der Waals surface area contributed by atoms with Gasteiger partial charge in [0.25, 0.3) is 0 Å². The third-order valence-corrected chi connectivity index (χ3v) is 3.25. The van der Waals surface area contributed by atoms with Crippen LogP contribution in [0.25, 0.3) is 11.0 Å². The smallest absolute Gasteiger partial charge is 0.372 e. The van der Waals surface area contributed by atoms with Crippen LogP contribution < -0.4 is 4.74 Å². The predicted molar refractivity (Wildman–Crippen MR) is 67.2 cm³/mol. The lowest BCUT2D eigenvalue weighted by Crippen LogP contribution is -1.95. The third-order valence-electron chi connectivity index (χ3n) is 2.40. The van der Waals surface area contributed by atoms with Crippen LogP contribution in [0, 0.1) is 10.5 Å². The van der Waals surface area contributed by atoms with Gasteiger partial charge in [-0.3, -0.25) is 0 Å². The average Bonchev–Trinajstić information content (AvgIpc) is 2.55. The number of carboxylic acids is 1. The zero-order valence-corrected chi connectivity index (χ0v) is 10.9. The van der Waals surface area contributed by atoms with Gasteiger partial charge in [0.05, 0.1) is 10.7 Å². The highest BCUT2D eigenvalue weighted by Gasteiger charge is 2.18. The molecular weight excluding hydrogens is 323 g/mol. The fourth-order valence-corrected chi connectivity index (χ4v) is 2.27. The second-order valence-corrected chi connectivity index (χ2v) is 4.51. The van der Waals surface area contributed by atoms with Gasteiger partial charge in [-0.15, -0.1) is 0 Å². The van der Waals surface area contributed by atoms with E-state index in [1.54, 1.807) is 20.1 Å². The Morgan fingerprint density at radius 1 is 1.50 bits per heavy atom. The Labute approximate surface area is 105 Å². The monoisotopic (exact) mass is 332 g/mol. The largest absolute Gasteiger partial charge is 0.496 e. The summed E-state index contributed by atoms with van der Waals surface area (Å²) in [6.07, 6.45) is 0. The summed E-state index contributed by atoms with van der Waals surface area (Å²) in [6, 6.07) is 3.57. The maximum absolute atomic E-state index is 10.9. The molecule has 0 unspecified atom stereocenters. The molecule has 0 fully saturated rings. The van der Waals surface area contributed by atoms with Crippen LogP contribution in [0.5, 0.6) is 5.75 Å². The summed E-state index contributed by atoms with van der Waals surface area (Å²) in [5.41, 5.74) is 1.18. The quantitative estimate of drug-likeness (QED) is 0.859. The Morgan fingerprint density at radius 3 is 2.75 bits per heavy atom. The molecule has 1 heterocycles. The number of fused-ring (bicyclic) bond motifs is 1. The first kappa shape index (κ1) is 11.3. The van der Waals surface area contributed by atoms with Crippen LogP contribution in [0.2, 0.25) is 0 Å².